The van der Waals surface area contributed by atoms with E-state index in [1.54, 1.807) is 18.2 Å². The number of aryl methyl sites for hydroxylation is 1. The summed E-state index contributed by atoms with van der Waals surface area (Å²) in [6.07, 6.45) is 1.37. The van der Waals surface area contributed by atoms with Crippen LogP contribution in [0.15, 0.2) is 59.5 Å². The highest BCUT2D eigenvalue weighted by atomic mass is 32.2. The van der Waals surface area contributed by atoms with E-state index in [1.165, 1.54) is 12.1 Å². The predicted molar refractivity (Wildman–Crippen MR) is 90.1 cm³/mol. The minimum Gasteiger partial charge on any atom is -0.302 e. The Bertz CT molecular complexity index is 898. The summed E-state index contributed by atoms with van der Waals surface area (Å²) in [5.74, 6) is -0.629. The third kappa shape index (κ3) is 2.35. The van der Waals surface area contributed by atoms with Crippen LogP contribution in [0.5, 0.6) is 0 Å². The van der Waals surface area contributed by atoms with Crippen LogP contribution in [0.3, 0.4) is 0 Å². The number of aldehydes is 1. The molecule has 1 saturated carbocycles. The molecule has 2 aromatic carbocycles. The summed E-state index contributed by atoms with van der Waals surface area (Å²) in [4.78, 5) is 11.8. The highest BCUT2D eigenvalue weighted by Crippen LogP contribution is 2.62. The van der Waals surface area contributed by atoms with Crippen LogP contribution >= 0.6 is 0 Å². The van der Waals surface area contributed by atoms with Gasteiger partial charge in [-0.3, -0.25) is 0 Å². The van der Waals surface area contributed by atoms with Crippen LogP contribution in [0.4, 0.5) is 0 Å². The van der Waals surface area contributed by atoms with Gasteiger partial charge >= 0.3 is 0 Å². The molecule has 4 nitrogen and oxygen atoms in total. The minimum atomic E-state index is -3.76. The fourth-order valence-electron chi connectivity index (χ4n) is 3.28. The van der Waals surface area contributed by atoms with Crippen molar-refractivity contribution in [3.8, 4) is 6.07 Å². The van der Waals surface area contributed by atoms with Gasteiger partial charge in [-0.2, -0.15) is 5.26 Å². The van der Waals surface area contributed by atoms with Gasteiger partial charge in [-0.15, -0.1) is 0 Å². The maximum Gasteiger partial charge on any atom is 0.183 e. The number of nitriles is 1. The molecule has 0 amide bonds. The number of hydrogen-bond acceptors (Lipinski definition) is 4. The lowest BCUT2D eigenvalue weighted by Gasteiger charge is -2.04. The summed E-state index contributed by atoms with van der Waals surface area (Å²) >= 11 is 0. The first-order chi connectivity index (χ1) is 11.5. The Labute approximate surface area is 141 Å². The second-order valence-electron chi connectivity index (χ2n) is 6.01. The first-order valence-electron chi connectivity index (χ1n) is 7.76. The SMILES string of the molecule is CCc1ccc([C@@H]2[C@H](S(=O)(=O)c3ccccc3)[C@@]2(C#N)C=O)cc1. The fourth-order valence-corrected chi connectivity index (χ4v) is 5.54. The first kappa shape index (κ1) is 16.4. The molecule has 3 atom stereocenters. The average Bonchev–Trinajstić information content (AvgIpc) is 3.33. The standard InChI is InChI=1S/C19H17NO3S/c1-2-14-8-10-15(11-9-14)17-18(19(17,12-20)13-21)24(22,23)16-6-4-3-5-7-16/h3-11,13,17-18H,2H2,1H3/t17-,18+,19+/m1/s1. The molecule has 0 radical (unpaired) electrons. The van der Waals surface area contributed by atoms with Crippen LogP contribution in [0.1, 0.15) is 24.0 Å². The summed E-state index contributed by atoms with van der Waals surface area (Å²) in [5, 5.41) is 8.48. The molecule has 1 fully saturated rings. The van der Waals surface area contributed by atoms with Gasteiger partial charge in [-0.25, -0.2) is 8.42 Å². The van der Waals surface area contributed by atoms with E-state index in [1.807, 2.05) is 37.3 Å². The molecule has 2 aromatic rings. The lowest BCUT2D eigenvalue weighted by molar-refractivity contribution is -0.110. The minimum absolute atomic E-state index is 0.143. The molecular formula is C19H17NO3S. The topological polar surface area (TPSA) is 75.0 Å². The van der Waals surface area contributed by atoms with E-state index < -0.39 is 26.4 Å². The highest BCUT2D eigenvalue weighted by molar-refractivity contribution is 7.92. The third-order valence-corrected chi connectivity index (χ3v) is 6.98. The Hall–Kier alpha value is -2.45. The monoisotopic (exact) mass is 339 g/mol. The second kappa shape index (κ2) is 5.88. The maximum absolute atomic E-state index is 12.9. The van der Waals surface area contributed by atoms with Crippen LogP contribution in [0.25, 0.3) is 0 Å². The van der Waals surface area contributed by atoms with Gasteiger partial charge in [-0.05, 0) is 29.7 Å². The molecule has 122 valence electrons. The van der Waals surface area contributed by atoms with Crippen molar-refractivity contribution in [1.82, 2.24) is 0 Å². The Morgan fingerprint density at radius 2 is 1.75 bits per heavy atom. The zero-order valence-electron chi connectivity index (χ0n) is 13.2. The Balaban J connectivity index is 2.06. The summed E-state index contributed by atoms with van der Waals surface area (Å²) in [6, 6.07) is 17.4. The molecule has 0 bridgehead atoms. The molecule has 5 heteroatoms. The van der Waals surface area contributed by atoms with Crippen molar-refractivity contribution < 1.29 is 13.2 Å². The van der Waals surface area contributed by atoms with E-state index in [9.17, 15) is 18.5 Å². The Morgan fingerprint density at radius 1 is 1.12 bits per heavy atom. The van der Waals surface area contributed by atoms with Crippen molar-refractivity contribution in [2.75, 3.05) is 0 Å². The molecule has 0 saturated heterocycles. The van der Waals surface area contributed by atoms with Gasteiger partial charge in [0.2, 0.25) is 0 Å². The number of hydrogen-bond donors (Lipinski definition) is 0. The summed E-state index contributed by atoms with van der Waals surface area (Å²) in [6.45, 7) is 2.03. The van der Waals surface area contributed by atoms with E-state index in [0.29, 0.717) is 11.8 Å². The zero-order valence-corrected chi connectivity index (χ0v) is 14.0. The summed E-state index contributed by atoms with van der Waals surface area (Å²) in [7, 11) is -3.76. The molecule has 1 aliphatic rings. The van der Waals surface area contributed by atoms with E-state index in [-0.39, 0.29) is 4.90 Å². The number of carbonyl (C=O) groups is 1. The van der Waals surface area contributed by atoms with Gasteiger partial charge in [0.15, 0.2) is 9.84 Å². The molecule has 0 unspecified atom stereocenters. The lowest BCUT2D eigenvalue weighted by atomic mass is 10.0. The Morgan fingerprint density at radius 3 is 2.25 bits per heavy atom. The quantitative estimate of drug-likeness (QED) is 0.785. The van der Waals surface area contributed by atoms with Crippen molar-refractivity contribution in [3.05, 3.63) is 65.7 Å². The van der Waals surface area contributed by atoms with Gasteiger partial charge in [-0.1, -0.05) is 49.4 Å². The van der Waals surface area contributed by atoms with Gasteiger partial charge in [0.05, 0.1) is 11.0 Å². The number of sulfone groups is 1. The molecule has 0 N–H and O–H groups in total. The summed E-state index contributed by atoms with van der Waals surface area (Å²) in [5.41, 5.74) is 0.323. The molecule has 0 aromatic heterocycles. The number of nitrogens with zero attached hydrogens (tertiary/aromatic N) is 1. The first-order valence-corrected chi connectivity index (χ1v) is 9.31. The molecular weight excluding hydrogens is 322 g/mol. The third-order valence-electron chi connectivity index (χ3n) is 4.72. The van der Waals surface area contributed by atoms with Crippen molar-refractivity contribution in [2.24, 2.45) is 5.41 Å². The lowest BCUT2D eigenvalue weighted by Crippen LogP contribution is -2.16. The molecule has 0 aliphatic heterocycles. The number of carbonyl (C=O) groups excluding carboxylic acids is 1. The van der Waals surface area contributed by atoms with Crippen LogP contribution in [-0.2, 0) is 21.1 Å². The van der Waals surface area contributed by atoms with Crippen molar-refractivity contribution in [2.45, 2.75) is 29.4 Å². The van der Waals surface area contributed by atoms with Crippen LogP contribution in [0.2, 0.25) is 0 Å². The van der Waals surface area contributed by atoms with Gasteiger partial charge in [0.1, 0.15) is 17.0 Å². The van der Waals surface area contributed by atoms with Crippen molar-refractivity contribution >= 4 is 16.1 Å². The van der Waals surface area contributed by atoms with Gasteiger partial charge in [0, 0.05) is 5.92 Å². The van der Waals surface area contributed by atoms with E-state index in [4.69, 9.17) is 0 Å². The van der Waals surface area contributed by atoms with E-state index >= 15 is 0 Å². The summed E-state index contributed by atoms with van der Waals surface area (Å²) < 4.78 is 25.8. The van der Waals surface area contributed by atoms with Crippen LogP contribution < -0.4 is 0 Å². The van der Waals surface area contributed by atoms with Crippen LogP contribution in [-0.4, -0.2) is 20.0 Å². The van der Waals surface area contributed by atoms with Gasteiger partial charge in [0.25, 0.3) is 0 Å². The predicted octanol–water partition coefficient (Wildman–Crippen LogP) is 2.90. The van der Waals surface area contributed by atoms with E-state index in [2.05, 4.69) is 0 Å². The fraction of sp³-hybridized carbons (Fsp3) is 0.263. The number of rotatable bonds is 5. The second-order valence-corrected chi connectivity index (χ2v) is 8.08. The smallest absolute Gasteiger partial charge is 0.183 e. The Kier molecular flexibility index (Phi) is 4.02. The zero-order chi connectivity index (χ0) is 17.4. The normalized spacial score (nSPS) is 25.7. The molecule has 24 heavy (non-hydrogen) atoms. The maximum atomic E-state index is 12.9. The molecule has 0 heterocycles. The highest BCUT2D eigenvalue weighted by Gasteiger charge is 2.72. The van der Waals surface area contributed by atoms with Crippen molar-refractivity contribution in [3.63, 3.8) is 0 Å². The molecule has 3 rings (SSSR count). The van der Waals surface area contributed by atoms with Crippen LogP contribution in [0, 0.1) is 16.7 Å². The largest absolute Gasteiger partial charge is 0.302 e. The van der Waals surface area contributed by atoms with E-state index in [0.717, 1.165) is 12.0 Å². The number of benzene rings is 2. The van der Waals surface area contributed by atoms with Gasteiger partial charge < -0.3 is 4.79 Å². The van der Waals surface area contributed by atoms with Crippen molar-refractivity contribution in [1.29, 1.82) is 5.26 Å². The average molecular weight is 339 g/mol. The molecule has 1 aliphatic carbocycles. The molecule has 0 spiro atoms.